The summed E-state index contributed by atoms with van der Waals surface area (Å²) in [6.07, 6.45) is 4.85. The summed E-state index contributed by atoms with van der Waals surface area (Å²) in [5.74, 6) is 0.667. The predicted molar refractivity (Wildman–Crippen MR) is 82.6 cm³/mol. The maximum atomic E-state index is 12.1. The molecule has 0 radical (unpaired) electrons. The van der Waals surface area contributed by atoms with Gasteiger partial charge in [-0.15, -0.1) is 0 Å². The zero-order chi connectivity index (χ0) is 14.6. The van der Waals surface area contributed by atoms with Gasteiger partial charge in [-0.1, -0.05) is 31.9 Å². The molecule has 1 aliphatic carbocycles. The summed E-state index contributed by atoms with van der Waals surface area (Å²) in [6, 6.07) is 7.29. The van der Waals surface area contributed by atoms with E-state index in [1.54, 1.807) is 19.1 Å². The maximum Gasteiger partial charge on any atom is 0.180 e. The van der Waals surface area contributed by atoms with Crippen molar-refractivity contribution >= 4 is 15.5 Å². The van der Waals surface area contributed by atoms with Gasteiger partial charge in [0.2, 0.25) is 0 Å². The first kappa shape index (κ1) is 15.3. The van der Waals surface area contributed by atoms with Crippen LogP contribution in [0.5, 0.6) is 0 Å². The molecule has 1 fully saturated rings. The van der Waals surface area contributed by atoms with E-state index in [1.807, 2.05) is 12.1 Å². The third-order valence-electron chi connectivity index (χ3n) is 4.17. The molecule has 0 aliphatic heterocycles. The SMILES string of the molecule is CCS(=O)(=O)c1ccccc1NC(CN)C1CCCC1. The van der Waals surface area contributed by atoms with Crippen molar-refractivity contribution in [1.29, 1.82) is 0 Å². The third kappa shape index (κ3) is 3.33. The van der Waals surface area contributed by atoms with Gasteiger partial charge in [-0.2, -0.15) is 0 Å². The van der Waals surface area contributed by atoms with Gasteiger partial charge in [0.05, 0.1) is 16.3 Å². The van der Waals surface area contributed by atoms with Crippen LogP contribution in [-0.4, -0.2) is 26.8 Å². The van der Waals surface area contributed by atoms with Gasteiger partial charge in [-0.25, -0.2) is 8.42 Å². The molecule has 3 N–H and O–H groups in total. The molecule has 0 saturated heterocycles. The van der Waals surface area contributed by atoms with Crippen molar-refractivity contribution in [1.82, 2.24) is 0 Å². The molecule has 1 atom stereocenters. The van der Waals surface area contributed by atoms with E-state index in [0.29, 0.717) is 23.0 Å². The van der Waals surface area contributed by atoms with E-state index < -0.39 is 9.84 Å². The zero-order valence-electron chi connectivity index (χ0n) is 12.0. The van der Waals surface area contributed by atoms with Crippen LogP contribution in [0.1, 0.15) is 32.6 Å². The van der Waals surface area contributed by atoms with E-state index in [2.05, 4.69) is 5.32 Å². The molecule has 1 aromatic carbocycles. The van der Waals surface area contributed by atoms with Crippen molar-refractivity contribution in [3.05, 3.63) is 24.3 Å². The van der Waals surface area contributed by atoms with Gasteiger partial charge in [0.15, 0.2) is 9.84 Å². The summed E-state index contributed by atoms with van der Waals surface area (Å²) in [5, 5.41) is 3.38. The second kappa shape index (κ2) is 6.59. The minimum atomic E-state index is -3.21. The quantitative estimate of drug-likeness (QED) is 0.845. The lowest BCUT2D eigenvalue weighted by Gasteiger charge is -2.25. The van der Waals surface area contributed by atoms with Crippen molar-refractivity contribution in [2.24, 2.45) is 11.7 Å². The number of sulfone groups is 1. The molecular weight excluding hydrogens is 272 g/mol. The van der Waals surface area contributed by atoms with Crippen molar-refractivity contribution in [3.63, 3.8) is 0 Å². The van der Waals surface area contributed by atoms with Gasteiger partial charge in [0, 0.05) is 12.6 Å². The number of nitrogens with one attached hydrogen (secondary N) is 1. The van der Waals surface area contributed by atoms with Crippen LogP contribution in [-0.2, 0) is 9.84 Å². The molecular formula is C15H24N2O2S. The molecule has 0 bridgehead atoms. The second-order valence-electron chi connectivity index (χ2n) is 5.43. The molecule has 0 aromatic heterocycles. The Kier molecular flexibility index (Phi) is 5.05. The maximum absolute atomic E-state index is 12.1. The normalized spacial score (nSPS) is 18.1. The van der Waals surface area contributed by atoms with Gasteiger partial charge in [-0.3, -0.25) is 0 Å². The van der Waals surface area contributed by atoms with Gasteiger partial charge >= 0.3 is 0 Å². The first-order chi connectivity index (χ1) is 9.58. The Balaban J connectivity index is 2.24. The highest BCUT2D eigenvalue weighted by Gasteiger charge is 2.25. The standard InChI is InChI=1S/C15H24N2O2S/c1-2-20(18,19)15-10-6-5-9-13(15)17-14(11-16)12-7-3-4-8-12/h5-6,9-10,12,14,17H,2-4,7-8,11,16H2,1H3. The van der Waals surface area contributed by atoms with E-state index in [4.69, 9.17) is 5.73 Å². The van der Waals surface area contributed by atoms with Gasteiger partial charge in [-0.05, 0) is 30.9 Å². The summed E-state index contributed by atoms with van der Waals surface area (Å²) >= 11 is 0. The largest absolute Gasteiger partial charge is 0.380 e. The van der Waals surface area contributed by atoms with Crippen LogP contribution in [0.4, 0.5) is 5.69 Å². The number of benzene rings is 1. The Labute approximate surface area is 121 Å². The fourth-order valence-corrected chi connectivity index (χ4v) is 4.00. The van der Waals surface area contributed by atoms with Crippen molar-refractivity contribution in [3.8, 4) is 0 Å². The summed E-state index contributed by atoms with van der Waals surface area (Å²) in [7, 11) is -3.21. The van der Waals surface area contributed by atoms with Crippen LogP contribution in [0.2, 0.25) is 0 Å². The van der Waals surface area contributed by atoms with E-state index in [9.17, 15) is 8.42 Å². The number of hydrogen-bond acceptors (Lipinski definition) is 4. The highest BCUT2D eigenvalue weighted by molar-refractivity contribution is 7.91. The van der Waals surface area contributed by atoms with E-state index in [0.717, 1.165) is 0 Å². The number of para-hydroxylation sites is 1. The van der Waals surface area contributed by atoms with Crippen LogP contribution in [0.15, 0.2) is 29.2 Å². The second-order valence-corrected chi connectivity index (χ2v) is 7.68. The molecule has 1 aliphatic rings. The number of anilines is 1. The smallest absolute Gasteiger partial charge is 0.180 e. The Morgan fingerprint density at radius 3 is 2.55 bits per heavy atom. The highest BCUT2D eigenvalue weighted by atomic mass is 32.2. The summed E-state index contributed by atoms with van der Waals surface area (Å²) < 4.78 is 24.3. The molecule has 20 heavy (non-hydrogen) atoms. The third-order valence-corrected chi connectivity index (χ3v) is 5.95. The van der Waals surface area contributed by atoms with Crippen LogP contribution >= 0.6 is 0 Å². The van der Waals surface area contributed by atoms with Gasteiger partial charge in [0.1, 0.15) is 0 Å². The zero-order valence-corrected chi connectivity index (χ0v) is 12.8. The lowest BCUT2D eigenvalue weighted by Crippen LogP contribution is -2.35. The highest BCUT2D eigenvalue weighted by Crippen LogP contribution is 2.30. The molecule has 0 spiro atoms. The Morgan fingerprint density at radius 1 is 1.30 bits per heavy atom. The Morgan fingerprint density at radius 2 is 1.95 bits per heavy atom. The Bertz CT molecular complexity index is 537. The van der Waals surface area contributed by atoms with Crippen molar-refractivity contribution < 1.29 is 8.42 Å². The number of rotatable bonds is 6. The fourth-order valence-electron chi connectivity index (χ4n) is 2.94. The van der Waals surface area contributed by atoms with Crippen LogP contribution in [0, 0.1) is 5.92 Å². The molecule has 1 aromatic rings. The molecule has 5 heteroatoms. The predicted octanol–water partition coefficient (Wildman–Crippen LogP) is 2.41. The van der Waals surface area contributed by atoms with E-state index in [-0.39, 0.29) is 11.8 Å². The summed E-state index contributed by atoms with van der Waals surface area (Å²) in [6.45, 7) is 2.20. The lowest BCUT2D eigenvalue weighted by atomic mass is 9.98. The van der Waals surface area contributed by atoms with Crippen molar-refractivity contribution in [2.45, 2.75) is 43.5 Å². The first-order valence-corrected chi connectivity index (χ1v) is 9.02. The number of hydrogen-bond donors (Lipinski definition) is 2. The minimum absolute atomic E-state index is 0.114. The molecule has 4 nitrogen and oxygen atoms in total. The van der Waals surface area contributed by atoms with Crippen LogP contribution in [0.25, 0.3) is 0 Å². The monoisotopic (exact) mass is 296 g/mol. The topological polar surface area (TPSA) is 72.2 Å². The van der Waals surface area contributed by atoms with Crippen LogP contribution < -0.4 is 11.1 Å². The van der Waals surface area contributed by atoms with Crippen LogP contribution in [0.3, 0.4) is 0 Å². The average molecular weight is 296 g/mol. The minimum Gasteiger partial charge on any atom is -0.380 e. The van der Waals surface area contributed by atoms with Crippen molar-refractivity contribution in [2.75, 3.05) is 17.6 Å². The molecule has 2 rings (SSSR count). The molecule has 1 saturated carbocycles. The molecule has 0 heterocycles. The summed E-state index contributed by atoms with van der Waals surface area (Å²) in [4.78, 5) is 0.388. The van der Waals surface area contributed by atoms with E-state index in [1.165, 1.54) is 25.7 Å². The Hall–Kier alpha value is -1.07. The lowest BCUT2D eigenvalue weighted by molar-refractivity contribution is 0.461. The fraction of sp³-hybridized carbons (Fsp3) is 0.600. The van der Waals surface area contributed by atoms with E-state index >= 15 is 0 Å². The number of nitrogens with two attached hydrogens (primary N) is 1. The molecule has 1 unspecified atom stereocenters. The van der Waals surface area contributed by atoms with Gasteiger partial charge in [0.25, 0.3) is 0 Å². The molecule has 112 valence electrons. The summed E-state index contributed by atoms with van der Waals surface area (Å²) in [5.41, 5.74) is 6.57. The average Bonchev–Trinajstić information content (AvgIpc) is 2.99. The first-order valence-electron chi connectivity index (χ1n) is 7.37. The van der Waals surface area contributed by atoms with Gasteiger partial charge < -0.3 is 11.1 Å². The molecule has 0 amide bonds.